The first-order valence-corrected chi connectivity index (χ1v) is 7.65. The van der Waals surface area contributed by atoms with Crippen molar-refractivity contribution in [2.75, 3.05) is 19.8 Å². The Morgan fingerprint density at radius 3 is 1.45 bits per heavy atom. The lowest BCUT2D eigenvalue weighted by atomic mass is 10.4. The van der Waals surface area contributed by atoms with Crippen LogP contribution in [0.15, 0.2) is 0 Å². The van der Waals surface area contributed by atoms with Crippen LogP contribution in [0.25, 0.3) is 0 Å². The van der Waals surface area contributed by atoms with Crippen LogP contribution < -0.4 is 0 Å². The number of hydrogen-bond donors (Lipinski definition) is 2. The van der Waals surface area contributed by atoms with Crippen LogP contribution in [0.1, 0.15) is 60.3 Å². The second kappa shape index (κ2) is 16.9. The van der Waals surface area contributed by atoms with Gasteiger partial charge in [-0.2, -0.15) is 0 Å². The van der Waals surface area contributed by atoms with Gasteiger partial charge >= 0.3 is 0 Å². The summed E-state index contributed by atoms with van der Waals surface area (Å²) in [6.07, 6.45) is 3.55. The summed E-state index contributed by atoms with van der Waals surface area (Å²) in [6.45, 7) is 11.0. The highest BCUT2D eigenvalue weighted by atomic mass is 16.8. The van der Waals surface area contributed by atoms with Crippen LogP contribution in [0.4, 0.5) is 0 Å². The van der Waals surface area contributed by atoms with E-state index in [1.165, 1.54) is 6.92 Å². The van der Waals surface area contributed by atoms with E-state index in [1.807, 2.05) is 13.8 Å². The van der Waals surface area contributed by atoms with Crippen molar-refractivity contribution in [3.63, 3.8) is 0 Å². The molecule has 0 aliphatic rings. The first kappa shape index (κ1) is 22.1. The number of unbranched alkanes of at least 4 members (excludes halogenated alkanes) is 2. The van der Waals surface area contributed by atoms with Crippen LogP contribution in [0.3, 0.4) is 0 Å². The van der Waals surface area contributed by atoms with E-state index in [-0.39, 0.29) is 19.2 Å². The summed E-state index contributed by atoms with van der Waals surface area (Å²) in [4.78, 5) is 0. The molecule has 0 heterocycles. The van der Waals surface area contributed by atoms with Gasteiger partial charge in [-0.25, -0.2) is 0 Å². The maximum Gasteiger partial charge on any atom is 0.157 e. The second-order valence-electron chi connectivity index (χ2n) is 4.75. The maximum atomic E-state index is 8.11. The molecule has 0 aliphatic heterocycles. The van der Waals surface area contributed by atoms with E-state index in [1.54, 1.807) is 0 Å². The number of aliphatic hydroxyl groups excluding tert-OH is 2. The van der Waals surface area contributed by atoms with Crippen molar-refractivity contribution < 1.29 is 24.4 Å². The molecule has 0 saturated heterocycles. The fraction of sp³-hybridized carbons (Fsp3) is 1.00. The van der Waals surface area contributed by atoms with E-state index in [9.17, 15) is 0 Å². The summed E-state index contributed by atoms with van der Waals surface area (Å²) in [6, 6.07) is 0. The molecule has 0 aromatic carbocycles. The van der Waals surface area contributed by atoms with E-state index >= 15 is 0 Å². The molecule has 0 rings (SSSR count). The standard InChI is InChI=1S/C12H26O3.C3H8O2/c1-5-7-9-13-11(3)15-12(4)14-10-8-6-2;1-3(5)2-4/h11-12H,5-10H2,1-4H3;3-5H,2H2,1H3. The smallest absolute Gasteiger partial charge is 0.157 e. The number of hydrogen-bond acceptors (Lipinski definition) is 5. The zero-order chi connectivity index (χ0) is 15.8. The maximum absolute atomic E-state index is 8.11. The van der Waals surface area contributed by atoms with E-state index in [4.69, 9.17) is 24.4 Å². The zero-order valence-corrected chi connectivity index (χ0v) is 13.8. The average molecular weight is 294 g/mol. The molecule has 0 bridgehead atoms. The average Bonchev–Trinajstić information content (AvgIpc) is 2.40. The minimum atomic E-state index is -0.560. The quantitative estimate of drug-likeness (QED) is 0.453. The molecule has 124 valence electrons. The first-order chi connectivity index (χ1) is 9.47. The first-order valence-electron chi connectivity index (χ1n) is 7.65. The minimum absolute atomic E-state index is 0.139. The van der Waals surface area contributed by atoms with E-state index in [0.717, 1.165) is 38.9 Å². The predicted molar refractivity (Wildman–Crippen MR) is 80.5 cm³/mol. The molecular formula is C15H34O5. The molecule has 0 radical (unpaired) electrons. The Morgan fingerprint density at radius 1 is 0.850 bits per heavy atom. The molecule has 20 heavy (non-hydrogen) atoms. The SMILES string of the molecule is CC(O)CO.CCCCOC(C)OC(C)OCCCC. The van der Waals surface area contributed by atoms with Crippen LogP contribution in [0.2, 0.25) is 0 Å². The largest absolute Gasteiger partial charge is 0.394 e. The summed E-state index contributed by atoms with van der Waals surface area (Å²) in [5.74, 6) is 0. The van der Waals surface area contributed by atoms with Gasteiger partial charge in [0.2, 0.25) is 0 Å². The molecule has 2 N–H and O–H groups in total. The van der Waals surface area contributed by atoms with Crippen molar-refractivity contribution in [2.24, 2.45) is 0 Å². The molecule has 0 aromatic rings. The number of aliphatic hydroxyl groups is 2. The van der Waals surface area contributed by atoms with Crippen molar-refractivity contribution in [2.45, 2.75) is 79.0 Å². The predicted octanol–water partition coefficient (Wildman–Crippen LogP) is 2.69. The minimum Gasteiger partial charge on any atom is -0.394 e. The molecule has 3 unspecified atom stereocenters. The zero-order valence-electron chi connectivity index (χ0n) is 13.8. The van der Waals surface area contributed by atoms with Gasteiger partial charge in [-0.1, -0.05) is 26.7 Å². The lowest BCUT2D eigenvalue weighted by molar-refractivity contribution is -0.231. The van der Waals surface area contributed by atoms with Gasteiger partial charge in [0.25, 0.3) is 0 Å². The Bertz CT molecular complexity index is 162. The molecule has 0 saturated carbocycles. The van der Waals surface area contributed by atoms with Gasteiger partial charge in [-0.05, 0) is 33.6 Å². The van der Waals surface area contributed by atoms with E-state index < -0.39 is 6.10 Å². The van der Waals surface area contributed by atoms with Gasteiger partial charge in [0, 0.05) is 13.2 Å². The van der Waals surface area contributed by atoms with Crippen molar-refractivity contribution >= 4 is 0 Å². The number of ether oxygens (including phenoxy) is 3. The van der Waals surface area contributed by atoms with Crippen molar-refractivity contribution in [3.8, 4) is 0 Å². The van der Waals surface area contributed by atoms with E-state index in [2.05, 4.69) is 13.8 Å². The lowest BCUT2D eigenvalue weighted by Gasteiger charge is -2.19. The summed E-state index contributed by atoms with van der Waals surface area (Å²) < 4.78 is 16.4. The summed E-state index contributed by atoms with van der Waals surface area (Å²) in [5, 5.41) is 16.0. The fourth-order valence-corrected chi connectivity index (χ4v) is 1.14. The van der Waals surface area contributed by atoms with Crippen molar-refractivity contribution in [1.29, 1.82) is 0 Å². The van der Waals surface area contributed by atoms with Crippen molar-refractivity contribution in [3.05, 3.63) is 0 Å². The molecule has 0 spiro atoms. The molecular weight excluding hydrogens is 260 g/mol. The van der Waals surface area contributed by atoms with Crippen molar-refractivity contribution in [1.82, 2.24) is 0 Å². The van der Waals surface area contributed by atoms with Gasteiger partial charge in [-0.15, -0.1) is 0 Å². The Balaban J connectivity index is 0. The van der Waals surface area contributed by atoms with Gasteiger partial charge in [0.1, 0.15) is 0 Å². The third kappa shape index (κ3) is 20.1. The highest BCUT2D eigenvalue weighted by molar-refractivity contribution is 4.39. The van der Waals surface area contributed by atoms with E-state index in [0.29, 0.717) is 0 Å². The Kier molecular flexibility index (Phi) is 18.6. The van der Waals surface area contributed by atoms with Gasteiger partial charge in [0.05, 0.1) is 12.7 Å². The second-order valence-corrected chi connectivity index (χ2v) is 4.75. The van der Waals surface area contributed by atoms with Gasteiger partial charge in [0.15, 0.2) is 12.6 Å². The summed E-state index contributed by atoms with van der Waals surface area (Å²) in [5.41, 5.74) is 0. The molecule has 5 nitrogen and oxygen atoms in total. The Hall–Kier alpha value is -0.200. The topological polar surface area (TPSA) is 68.2 Å². The molecule has 5 heteroatoms. The summed E-state index contributed by atoms with van der Waals surface area (Å²) in [7, 11) is 0. The molecule has 0 aromatic heterocycles. The third-order valence-electron chi connectivity index (χ3n) is 2.35. The molecule has 0 aliphatic carbocycles. The third-order valence-corrected chi connectivity index (χ3v) is 2.35. The van der Waals surface area contributed by atoms with Gasteiger partial charge in [-0.3, -0.25) is 0 Å². The monoisotopic (exact) mass is 294 g/mol. The van der Waals surface area contributed by atoms with Crippen LogP contribution in [-0.2, 0) is 14.2 Å². The van der Waals surface area contributed by atoms with Gasteiger partial charge < -0.3 is 24.4 Å². The Morgan fingerprint density at radius 2 is 1.20 bits per heavy atom. The Labute approximate surface area is 124 Å². The summed E-state index contributed by atoms with van der Waals surface area (Å²) >= 11 is 0. The van der Waals surface area contributed by atoms with Crippen LogP contribution in [0, 0.1) is 0 Å². The highest BCUT2D eigenvalue weighted by Gasteiger charge is 2.08. The highest BCUT2D eigenvalue weighted by Crippen LogP contribution is 2.03. The molecule has 3 atom stereocenters. The normalized spacial score (nSPS) is 15.2. The van der Waals surface area contributed by atoms with Crippen LogP contribution in [0.5, 0.6) is 0 Å². The molecule has 0 fully saturated rings. The van der Waals surface area contributed by atoms with Crippen LogP contribution >= 0.6 is 0 Å². The lowest BCUT2D eigenvalue weighted by Crippen LogP contribution is -2.23. The van der Waals surface area contributed by atoms with Crippen LogP contribution in [-0.4, -0.2) is 48.7 Å². The molecule has 0 amide bonds. The number of rotatable bonds is 11. The fourth-order valence-electron chi connectivity index (χ4n) is 1.14.